The van der Waals surface area contributed by atoms with Crippen molar-refractivity contribution in [2.24, 2.45) is 5.73 Å². The Balaban J connectivity index is 2.27. The van der Waals surface area contributed by atoms with Crippen LogP contribution in [0.15, 0.2) is 35.7 Å². The van der Waals surface area contributed by atoms with E-state index >= 15 is 0 Å². The molecule has 0 aliphatic heterocycles. The van der Waals surface area contributed by atoms with Gasteiger partial charge in [0.2, 0.25) is 0 Å². The molecule has 3 nitrogen and oxygen atoms in total. The Bertz CT molecular complexity index is 478. The first kappa shape index (κ1) is 12.0. The third kappa shape index (κ3) is 2.43. The van der Waals surface area contributed by atoms with Crippen LogP contribution in [-0.4, -0.2) is 14.2 Å². The van der Waals surface area contributed by atoms with Gasteiger partial charge in [0.1, 0.15) is 11.5 Å². The number of benzene rings is 1. The molecule has 17 heavy (non-hydrogen) atoms. The fourth-order valence-electron chi connectivity index (χ4n) is 1.67. The summed E-state index contributed by atoms with van der Waals surface area (Å²) in [6.07, 6.45) is 0. The van der Waals surface area contributed by atoms with Crippen molar-refractivity contribution in [2.75, 3.05) is 14.2 Å². The fourth-order valence-corrected chi connectivity index (χ4v) is 2.56. The second kappa shape index (κ2) is 5.21. The smallest absolute Gasteiger partial charge is 0.134 e. The zero-order valence-electron chi connectivity index (χ0n) is 9.84. The minimum Gasteiger partial charge on any atom is -0.497 e. The number of thiophene rings is 1. The molecule has 1 aromatic carbocycles. The van der Waals surface area contributed by atoms with Crippen molar-refractivity contribution in [3.63, 3.8) is 0 Å². The van der Waals surface area contributed by atoms with Gasteiger partial charge in [-0.05, 0) is 29.1 Å². The zero-order valence-corrected chi connectivity index (χ0v) is 10.7. The third-order valence-electron chi connectivity index (χ3n) is 2.63. The zero-order chi connectivity index (χ0) is 12.3. The Morgan fingerprint density at radius 1 is 1.06 bits per heavy atom. The topological polar surface area (TPSA) is 44.5 Å². The Morgan fingerprint density at radius 3 is 2.35 bits per heavy atom. The minimum absolute atomic E-state index is 0.157. The molecule has 0 amide bonds. The van der Waals surface area contributed by atoms with Gasteiger partial charge >= 0.3 is 0 Å². The SMILES string of the molecule is COc1ccc(C(N)c2sccc2OC)cc1. The first-order valence-corrected chi connectivity index (χ1v) is 6.15. The Kier molecular flexibility index (Phi) is 3.66. The van der Waals surface area contributed by atoms with E-state index in [2.05, 4.69) is 0 Å². The maximum Gasteiger partial charge on any atom is 0.134 e. The number of hydrogen-bond donors (Lipinski definition) is 1. The molecule has 0 bridgehead atoms. The maximum atomic E-state index is 6.22. The third-order valence-corrected chi connectivity index (χ3v) is 3.62. The molecule has 0 aliphatic rings. The standard InChI is InChI=1S/C13H15NO2S/c1-15-10-5-3-9(4-6-10)12(14)13-11(16-2)7-8-17-13/h3-8,12H,14H2,1-2H3. The van der Waals surface area contributed by atoms with E-state index in [1.807, 2.05) is 35.7 Å². The summed E-state index contributed by atoms with van der Waals surface area (Å²) in [4.78, 5) is 1.04. The van der Waals surface area contributed by atoms with Crippen molar-refractivity contribution < 1.29 is 9.47 Å². The lowest BCUT2D eigenvalue weighted by atomic mass is 10.1. The highest BCUT2D eigenvalue weighted by Crippen LogP contribution is 2.33. The van der Waals surface area contributed by atoms with Gasteiger partial charge in [-0.1, -0.05) is 12.1 Å². The molecule has 0 fully saturated rings. The average Bonchev–Trinajstić information content (AvgIpc) is 2.86. The minimum atomic E-state index is -0.157. The Morgan fingerprint density at radius 2 is 1.76 bits per heavy atom. The van der Waals surface area contributed by atoms with Crippen molar-refractivity contribution >= 4 is 11.3 Å². The quantitative estimate of drug-likeness (QED) is 0.906. The molecule has 0 aliphatic carbocycles. The predicted octanol–water partition coefficient (Wildman–Crippen LogP) is 2.81. The molecule has 1 unspecified atom stereocenters. The van der Waals surface area contributed by atoms with Gasteiger partial charge in [-0.15, -0.1) is 11.3 Å². The van der Waals surface area contributed by atoms with Crippen LogP contribution >= 0.6 is 11.3 Å². The first-order chi connectivity index (χ1) is 8.26. The van der Waals surface area contributed by atoms with Crippen molar-refractivity contribution in [2.45, 2.75) is 6.04 Å². The van der Waals surface area contributed by atoms with Crippen LogP contribution in [0, 0.1) is 0 Å². The normalized spacial score (nSPS) is 12.2. The molecule has 2 aromatic rings. The predicted molar refractivity (Wildman–Crippen MR) is 69.9 cm³/mol. The van der Waals surface area contributed by atoms with Gasteiger partial charge in [0, 0.05) is 0 Å². The monoisotopic (exact) mass is 249 g/mol. The van der Waals surface area contributed by atoms with Gasteiger partial charge in [0.25, 0.3) is 0 Å². The van der Waals surface area contributed by atoms with Gasteiger partial charge in [-0.25, -0.2) is 0 Å². The molecule has 0 spiro atoms. The van der Waals surface area contributed by atoms with Crippen LogP contribution in [0.3, 0.4) is 0 Å². The summed E-state index contributed by atoms with van der Waals surface area (Å²) in [5.41, 5.74) is 7.27. The highest BCUT2D eigenvalue weighted by Gasteiger charge is 2.15. The summed E-state index contributed by atoms with van der Waals surface area (Å²) in [6, 6.07) is 9.55. The van der Waals surface area contributed by atoms with E-state index in [1.54, 1.807) is 25.6 Å². The molecule has 4 heteroatoms. The lowest BCUT2D eigenvalue weighted by Gasteiger charge is -2.12. The summed E-state index contributed by atoms with van der Waals surface area (Å²) in [5, 5.41) is 1.98. The lowest BCUT2D eigenvalue weighted by Crippen LogP contribution is -2.11. The van der Waals surface area contributed by atoms with Gasteiger partial charge in [0.05, 0.1) is 25.1 Å². The van der Waals surface area contributed by atoms with Crippen LogP contribution in [-0.2, 0) is 0 Å². The van der Waals surface area contributed by atoms with Crippen molar-refractivity contribution in [3.05, 3.63) is 46.2 Å². The molecule has 0 saturated carbocycles. The second-order valence-electron chi connectivity index (χ2n) is 3.60. The molecule has 90 valence electrons. The number of ether oxygens (including phenoxy) is 2. The Hall–Kier alpha value is -1.52. The van der Waals surface area contributed by atoms with E-state index < -0.39 is 0 Å². The van der Waals surface area contributed by atoms with Gasteiger partial charge in [0.15, 0.2) is 0 Å². The van der Waals surface area contributed by atoms with Crippen LogP contribution in [0.1, 0.15) is 16.5 Å². The molecule has 1 aromatic heterocycles. The summed E-state index contributed by atoms with van der Waals surface area (Å²) in [7, 11) is 3.31. The van der Waals surface area contributed by atoms with Gasteiger partial charge in [-0.2, -0.15) is 0 Å². The molecular formula is C13H15NO2S. The van der Waals surface area contributed by atoms with Crippen molar-refractivity contribution in [3.8, 4) is 11.5 Å². The molecule has 2 rings (SSSR count). The fraction of sp³-hybridized carbons (Fsp3) is 0.231. The van der Waals surface area contributed by atoms with Gasteiger partial charge < -0.3 is 15.2 Å². The van der Waals surface area contributed by atoms with Crippen LogP contribution in [0.4, 0.5) is 0 Å². The highest BCUT2D eigenvalue weighted by atomic mass is 32.1. The number of rotatable bonds is 4. The van der Waals surface area contributed by atoms with E-state index in [-0.39, 0.29) is 6.04 Å². The van der Waals surface area contributed by atoms with Crippen molar-refractivity contribution in [1.29, 1.82) is 0 Å². The van der Waals surface area contributed by atoms with Crippen LogP contribution in [0.5, 0.6) is 11.5 Å². The van der Waals surface area contributed by atoms with E-state index in [9.17, 15) is 0 Å². The average molecular weight is 249 g/mol. The summed E-state index contributed by atoms with van der Waals surface area (Å²) < 4.78 is 10.4. The Labute approximate surface area is 105 Å². The summed E-state index contributed by atoms with van der Waals surface area (Å²) >= 11 is 1.61. The highest BCUT2D eigenvalue weighted by molar-refractivity contribution is 7.10. The largest absolute Gasteiger partial charge is 0.497 e. The first-order valence-electron chi connectivity index (χ1n) is 5.27. The lowest BCUT2D eigenvalue weighted by molar-refractivity contribution is 0.410. The van der Waals surface area contributed by atoms with Crippen LogP contribution in [0.25, 0.3) is 0 Å². The van der Waals surface area contributed by atoms with Crippen molar-refractivity contribution in [1.82, 2.24) is 0 Å². The van der Waals surface area contributed by atoms with E-state index in [0.717, 1.165) is 21.9 Å². The van der Waals surface area contributed by atoms with E-state index in [4.69, 9.17) is 15.2 Å². The molecule has 1 heterocycles. The molecule has 2 N–H and O–H groups in total. The van der Waals surface area contributed by atoms with Gasteiger partial charge in [-0.3, -0.25) is 0 Å². The number of nitrogens with two attached hydrogens (primary N) is 1. The summed E-state index contributed by atoms with van der Waals surface area (Å²) in [5.74, 6) is 1.68. The number of hydrogen-bond acceptors (Lipinski definition) is 4. The molecular weight excluding hydrogens is 234 g/mol. The second-order valence-corrected chi connectivity index (χ2v) is 4.55. The molecule has 0 saturated heterocycles. The van der Waals surface area contributed by atoms with E-state index in [1.165, 1.54) is 0 Å². The van der Waals surface area contributed by atoms with Crippen LogP contribution < -0.4 is 15.2 Å². The maximum absolute atomic E-state index is 6.22. The molecule has 0 radical (unpaired) electrons. The summed E-state index contributed by atoms with van der Waals surface area (Å²) in [6.45, 7) is 0. The number of methoxy groups -OCH3 is 2. The van der Waals surface area contributed by atoms with E-state index in [0.29, 0.717) is 0 Å². The molecule has 1 atom stereocenters. The van der Waals surface area contributed by atoms with Crippen LogP contribution in [0.2, 0.25) is 0 Å².